The minimum atomic E-state index is -0.826. The number of hydrogen-bond acceptors (Lipinski definition) is 2. The Labute approximate surface area is 110 Å². The van der Waals surface area contributed by atoms with Crippen LogP contribution in [0.5, 0.6) is 0 Å². The van der Waals surface area contributed by atoms with Gasteiger partial charge in [0.2, 0.25) is 0 Å². The Balaban J connectivity index is 1.86. The topological polar surface area (TPSA) is 29.5 Å². The van der Waals surface area contributed by atoms with Gasteiger partial charge in [0.1, 0.15) is 0 Å². The summed E-state index contributed by atoms with van der Waals surface area (Å²) in [7, 11) is 0. The van der Waals surface area contributed by atoms with Crippen molar-refractivity contribution in [1.82, 2.24) is 0 Å². The lowest BCUT2D eigenvalue weighted by Gasteiger charge is -2.38. The molecule has 0 unspecified atom stereocenters. The first-order valence-corrected chi connectivity index (χ1v) is 7.84. The summed E-state index contributed by atoms with van der Waals surface area (Å²) in [6.07, 6.45) is 7.70. The van der Waals surface area contributed by atoms with Crippen molar-refractivity contribution < 1.29 is 9.84 Å². The maximum absolute atomic E-state index is 11.4. The van der Waals surface area contributed by atoms with Crippen LogP contribution in [0.25, 0.3) is 0 Å². The molecule has 1 saturated heterocycles. The molecule has 1 heterocycles. The van der Waals surface area contributed by atoms with Crippen molar-refractivity contribution in [3.05, 3.63) is 0 Å². The van der Waals surface area contributed by atoms with Gasteiger partial charge in [0, 0.05) is 11.3 Å². The molecular formula is C16H26O2. The molecule has 4 aliphatic rings. The molecule has 3 saturated carbocycles. The summed E-state index contributed by atoms with van der Waals surface area (Å²) in [5.74, 6) is 1.57. The Morgan fingerprint density at radius 2 is 1.67 bits per heavy atom. The maximum atomic E-state index is 11.4. The van der Waals surface area contributed by atoms with Gasteiger partial charge < -0.3 is 9.84 Å². The van der Waals surface area contributed by atoms with Gasteiger partial charge in [-0.25, -0.2) is 0 Å². The Kier molecular flexibility index (Phi) is 2.05. The zero-order valence-electron chi connectivity index (χ0n) is 11.9. The van der Waals surface area contributed by atoms with Gasteiger partial charge in [0.25, 0.3) is 0 Å². The zero-order chi connectivity index (χ0) is 12.8. The molecule has 0 radical (unpaired) electrons. The molecule has 1 aliphatic heterocycles. The lowest BCUT2D eigenvalue weighted by atomic mass is 9.68. The smallest absolute Gasteiger partial charge is 0.175 e. The largest absolute Gasteiger partial charge is 0.365 e. The molecule has 1 N–H and O–H groups in total. The molecule has 18 heavy (non-hydrogen) atoms. The van der Waals surface area contributed by atoms with E-state index in [1.807, 2.05) is 0 Å². The molecule has 0 aromatic carbocycles. The van der Waals surface area contributed by atoms with Crippen LogP contribution in [0.3, 0.4) is 0 Å². The number of ether oxygens (including phenoxy) is 1. The van der Waals surface area contributed by atoms with E-state index in [0.29, 0.717) is 17.8 Å². The quantitative estimate of drug-likeness (QED) is 0.714. The minimum Gasteiger partial charge on any atom is -0.365 e. The number of aliphatic hydroxyl groups is 1. The number of rotatable bonds is 0. The summed E-state index contributed by atoms with van der Waals surface area (Å²) in [6, 6.07) is 0. The lowest BCUT2D eigenvalue weighted by Crippen LogP contribution is -2.46. The fourth-order valence-electron chi connectivity index (χ4n) is 6.63. The molecule has 4 fully saturated rings. The van der Waals surface area contributed by atoms with Crippen LogP contribution in [0.4, 0.5) is 0 Å². The first kappa shape index (κ1) is 11.7. The summed E-state index contributed by atoms with van der Waals surface area (Å²) in [4.78, 5) is 0. The lowest BCUT2D eigenvalue weighted by molar-refractivity contribution is -0.270. The van der Waals surface area contributed by atoms with Crippen molar-refractivity contribution >= 4 is 0 Å². The van der Waals surface area contributed by atoms with E-state index < -0.39 is 5.79 Å². The fourth-order valence-corrected chi connectivity index (χ4v) is 6.63. The van der Waals surface area contributed by atoms with E-state index in [4.69, 9.17) is 4.74 Å². The molecule has 2 heteroatoms. The highest BCUT2D eigenvalue weighted by Crippen LogP contribution is 2.75. The summed E-state index contributed by atoms with van der Waals surface area (Å²) in [5, 5.41) is 11.4. The van der Waals surface area contributed by atoms with E-state index in [9.17, 15) is 5.11 Å². The molecule has 3 aliphatic carbocycles. The van der Waals surface area contributed by atoms with Gasteiger partial charge in [0.15, 0.2) is 5.79 Å². The summed E-state index contributed by atoms with van der Waals surface area (Å²) in [6.45, 7) is 6.72. The van der Waals surface area contributed by atoms with E-state index in [2.05, 4.69) is 20.8 Å². The first-order valence-electron chi connectivity index (χ1n) is 7.84. The third-order valence-corrected chi connectivity index (χ3v) is 7.13. The average molecular weight is 250 g/mol. The monoisotopic (exact) mass is 250 g/mol. The number of fused-ring (bicyclic) bond motifs is 3. The van der Waals surface area contributed by atoms with E-state index in [1.165, 1.54) is 38.5 Å². The summed E-state index contributed by atoms with van der Waals surface area (Å²) in [5.41, 5.74) is -0.114. The van der Waals surface area contributed by atoms with Gasteiger partial charge in [-0.05, 0) is 57.3 Å². The van der Waals surface area contributed by atoms with Gasteiger partial charge in [0.05, 0.1) is 5.60 Å². The third-order valence-electron chi connectivity index (χ3n) is 7.13. The molecule has 0 aromatic rings. The minimum absolute atomic E-state index is 0.0240. The van der Waals surface area contributed by atoms with E-state index in [-0.39, 0.29) is 11.0 Å². The second-order valence-corrected chi connectivity index (χ2v) is 7.98. The molecule has 0 spiro atoms. The Bertz CT molecular complexity index is 389. The van der Waals surface area contributed by atoms with Gasteiger partial charge in [-0.3, -0.25) is 0 Å². The molecule has 4 rings (SSSR count). The van der Waals surface area contributed by atoms with Crippen LogP contribution in [-0.2, 0) is 4.74 Å². The number of hydrogen-bond donors (Lipinski definition) is 1. The standard InChI is InChI=1S/C16H26O2/c1-14(2)13-9-8-11-10-6-4-5-7-12(10)16(17,18-14)15(11,13)3/h10-13,17H,4-9H2,1-3H3/t10-,11-,12+,13+,15+,16+/m1/s1. The van der Waals surface area contributed by atoms with Crippen molar-refractivity contribution in [2.45, 2.75) is 70.7 Å². The van der Waals surface area contributed by atoms with Gasteiger partial charge >= 0.3 is 0 Å². The van der Waals surface area contributed by atoms with Crippen LogP contribution in [0.1, 0.15) is 59.3 Å². The van der Waals surface area contributed by atoms with Crippen LogP contribution in [0.2, 0.25) is 0 Å². The van der Waals surface area contributed by atoms with Crippen molar-refractivity contribution in [2.75, 3.05) is 0 Å². The van der Waals surface area contributed by atoms with Gasteiger partial charge in [-0.2, -0.15) is 0 Å². The van der Waals surface area contributed by atoms with E-state index in [0.717, 1.165) is 5.92 Å². The first-order chi connectivity index (χ1) is 8.41. The fraction of sp³-hybridized carbons (Fsp3) is 1.00. The maximum Gasteiger partial charge on any atom is 0.175 e. The second kappa shape index (κ2) is 3.15. The molecule has 0 amide bonds. The second-order valence-electron chi connectivity index (χ2n) is 7.98. The summed E-state index contributed by atoms with van der Waals surface area (Å²) < 4.78 is 6.32. The Morgan fingerprint density at radius 3 is 2.44 bits per heavy atom. The van der Waals surface area contributed by atoms with E-state index >= 15 is 0 Å². The SMILES string of the molecule is CC1(C)O[C@@]2(O)[C@H]3CCCC[C@@H]3[C@H]3CC[C@@H]1[C@]32C. The van der Waals surface area contributed by atoms with Crippen LogP contribution in [0.15, 0.2) is 0 Å². The van der Waals surface area contributed by atoms with Crippen LogP contribution in [0, 0.1) is 29.1 Å². The molecular weight excluding hydrogens is 224 g/mol. The molecule has 0 aromatic heterocycles. The molecule has 102 valence electrons. The normalized spacial score (nSPS) is 60.7. The van der Waals surface area contributed by atoms with Crippen LogP contribution in [-0.4, -0.2) is 16.5 Å². The van der Waals surface area contributed by atoms with Crippen molar-refractivity contribution in [2.24, 2.45) is 29.1 Å². The molecule has 2 nitrogen and oxygen atoms in total. The van der Waals surface area contributed by atoms with E-state index in [1.54, 1.807) is 0 Å². The molecule has 6 atom stereocenters. The van der Waals surface area contributed by atoms with Crippen molar-refractivity contribution in [3.8, 4) is 0 Å². The highest BCUT2D eigenvalue weighted by Gasteiger charge is 2.78. The predicted octanol–water partition coefficient (Wildman–Crippen LogP) is 3.34. The highest BCUT2D eigenvalue weighted by atomic mass is 16.7. The third kappa shape index (κ3) is 1.02. The van der Waals surface area contributed by atoms with Crippen molar-refractivity contribution in [1.29, 1.82) is 0 Å². The summed E-state index contributed by atoms with van der Waals surface area (Å²) >= 11 is 0. The van der Waals surface area contributed by atoms with Gasteiger partial charge in [-0.1, -0.05) is 19.8 Å². The van der Waals surface area contributed by atoms with Crippen molar-refractivity contribution in [3.63, 3.8) is 0 Å². The Hall–Kier alpha value is -0.0800. The predicted molar refractivity (Wildman–Crippen MR) is 69.9 cm³/mol. The average Bonchev–Trinajstić information content (AvgIpc) is 2.80. The highest BCUT2D eigenvalue weighted by molar-refractivity contribution is 5.22. The Morgan fingerprint density at radius 1 is 0.944 bits per heavy atom. The van der Waals surface area contributed by atoms with Crippen LogP contribution < -0.4 is 0 Å². The zero-order valence-corrected chi connectivity index (χ0v) is 11.9. The van der Waals surface area contributed by atoms with Crippen LogP contribution >= 0.6 is 0 Å². The van der Waals surface area contributed by atoms with Gasteiger partial charge in [-0.15, -0.1) is 0 Å². The molecule has 0 bridgehead atoms.